The summed E-state index contributed by atoms with van der Waals surface area (Å²) in [7, 11) is 1.75. The second-order valence-corrected chi connectivity index (χ2v) is 6.25. The van der Waals surface area contributed by atoms with Gasteiger partial charge in [0.25, 0.3) is 0 Å². The van der Waals surface area contributed by atoms with Gasteiger partial charge in [-0.15, -0.1) is 24.0 Å². The Hall–Kier alpha value is -2.55. The highest BCUT2D eigenvalue weighted by atomic mass is 127. The van der Waals surface area contributed by atoms with E-state index in [4.69, 9.17) is 9.47 Å². The molecule has 0 spiro atoms. The van der Waals surface area contributed by atoms with Crippen molar-refractivity contribution in [3.63, 3.8) is 0 Å². The summed E-state index contributed by atoms with van der Waals surface area (Å²) in [6.45, 7) is 1.99. The van der Waals surface area contributed by atoms with E-state index in [0.29, 0.717) is 25.7 Å². The van der Waals surface area contributed by atoms with Gasteiger partial charge in [-0.1, -0.05) is 18.2 Å². The van der Waals surface area contributed by atoms with Gasteiger partial charge in [0.2, 0.25) is 0 Å². The molecule has 0 aliphatic carbocycles. The SMILES string of the molecule is CN=C(NCc1ccnc2ccccc12)Nc1ccc2c(c1)OCCCO2.I. The van der Waals surface area contributed by atoms with Gasteiger partial charge in [-0.25, -0.2) is 0 Å². The minimum atomic E-state index is 0. The molecule has 7 heteroatoms. The van der Waals surface area contributed by atoms with Crippen molar-refractivity contribution in [3.05, 3.63) is 60.3 Å². The van der Waals surface area contributed by atoms with Crippen LogP contribution < -0.4 is 20.1 Å². The molecule has 28 heavy (non-hydrogen) atoms. The van der Waals surface area contributed by atoms with Crippen molar-refractivity contribution in [1.82, 2.24) is 10.3 Å². The van der Waals surface area contributed by atoms with Crippen molar-refractivity contribution in [2.24, 2.45) is 4.99 Å². The average Bonchev–Trinajstić information content (AvgIpc) is 2.96. The predicted octanol–water partition coefficient (Wildman–Crippen LogP) is 4.20. The van der Waals surface area contributed by atoms with E-state index in [1.807, 2.05) is 48.7 Å². The third-order valence-corrected chi connectivity index (χ3v) is 4.42. The van der Waals surface area contributed by atoms with Crippen LogP contribution in [0.5, 0.6) is 11.5 Å². The normalized spacial score (nSPS) is 13.4. The number of halogens is 1. The molecule has 146 valence electrons. The molecule has 0 saturated heterocycles. The molecule has 4 rings (SSSR count). The number of guanidine groups is 1. The zero-order valence-corrected chi connectivity index (χ0v) is 18.0. The predicted molar refractivity (Wildman–Crippen MR) is 123 cm³/mol. The molecule has 0 radical (unpaired) electrons. The second kappa shape index (κ2) is 9.59. The zero-order valence-electron chi connectivity index (χ0n) is 15.6. The van der Waals surface area contributed by atoms with Gasteiger partial charge < -0.3 is 20.1 Å². The van der Waals surface area contributed by atoms with Gasteiger partial charge >= 0.3 is 0 Å². The Kier molecular flexibility index (Phi) is 6.91. The number of nitrogens with zero attached hydrogens (tertiary/aromatic N) is 2. The largest absolute Gasteiger partial charge is 0.490 e. The third kappa shape index (κ3) is 4.64. The van der Waals surface area contributed by atoms with Crippen LogP contribution in [-0.4, -0.2) is 31.2 Å². The first kappa shape index (κ1) is 20.2. The fraction of sp³-hybridized carbons (Fsp3) is 0.238. The number of benzene rings is 2. The molecule has 1 aromatic heterocycles. The lowest BCUT2D eigenvalue weighted by Crippen LogP contribution is -2.30. The van der Waals surface area contributed by atoms with Crippen molar-refractivity contribution in [2.45, 2.75) is 13.0 Å². The first-order valence-corrected chi connectivity index (χ1v) is 9.03. The summed E-state index contributed by atoms with van der Waals surface area (Å²) in [6, 6.07) is 16.0. The number of fused-ring (bicyclic) bond motifs is 2. The summed E-state index contributed by atoms with van der Waals surface area (Å²) < 4.78 is 11.4. The number of para-hydroxylation sites is 1. The second-order valence-electron chi connectivity index (χ2n) is 6.25. The molecular weight excluding hydrogens is 467 g/mol. The minimum absolute atomic E-state index is 0. The Bertz CT molecular complexity index is 972. The molecule has 2 aromatic carbocycles. The van der Waals surface area contributed by atoms with Crippen LogP contribution in [0, 0.1) is 0 Å². The van der Waals surface area contributed by atoms with Crippen molar-refractivity contribution < 1.29 is 9.47 Å². The number of pyridine rings is 1. The van der Waals surface area contributed by atoms with E-state index in [1.54, 1.807) is 7.05 Å². The molecule has 0 unspecified atom stereocenters. The van der Waals surface area contributed by atoms with Crippen LogP contribution in [0.1, 0.15) is 12.0 Å². The third-order valence-electron chi connectivity index (χ3n) is 4.42. The number of hydrogen-bond acceptors (Lipinski definition) is 4. The highest BCUT2D eigenvalue weighted by molar-refractivity contribution is 14.0. The topological polar surface area (TPSA) is 67.8 Å². The standard InChI is InChI=1S/C21H22N4O2.HI/c1-22-21(24-14-15-9-10-23-18-6-3-2-5-17(15)18)25-16-7-8-19-20(13-16)27-12-4-11-26-19;/h2-3,5-10,13H,4,11-12,14H2,1H3,(H2,22,24,25);1H. The molecule has 2 heterocycles. The lowest BCUT2D eigenvalue weighted by Gasteiger charge is -2.14. The number of hydrogen-bond donors (Lipinski definition) is 2. The van der Waals surface area contributed by atoms with Crippen LogP contribution in [0.3, 0.4) is 0 Å². The Morgan fingerprint density at radius 3 is 2.75 bits per heavy atom. The van der Waals surface area contributed by atoms with Crippen molar-refractivity contribution in [3.8, 4) is 11.5 Å². The van der Waals surface area contributed by atoms with E-state index in [1.165, 1.54) is 5.56 Å². The van der Waals surface area contributed by atoms with E-state index < -0.39 is 0 Å². The maximum Gasteiger partial charge on any atom is 0.195 e. The molecule has 6 nitrogen and oxygen atoms in total. The molecule has 0 amide bonds. The van der Waals surface area contributed by atoms with Gasteiger partial charge in [0, 0.05) is 43.4 Å². The number of nitrogens with one attached hydrogen (secondary N) is 2. The van der Waals surface area contributed by atoms with Gasteiger partial charge in [0.05, 0.1) is 18.7 Å². The maximum absolute atomic E-state index is 5.75. The molecule has 0 saturated carbocycles. The number of aromatic nitrogens is 1. The first-order chi connectivity index (χ1) is 13.3. The quantitative estimate of drug-likeness (QED) is 0.327. The molecule has 1 aliphatic heterocycles. The first-order valence-electron chi connectivity index (χ1n) is 9.03. The summed E-state index contributed by atoms with van der Waals surface area (Å²) >= 11 is 0. The lowest BCUT2D eigenvalue weighted by molar-refractivity contribution is 0.297. The van der Waals surface area contributed by atoms with Crippen molar-refractivity contribution in [2.75, 3.05) is 25.6 Å². The van der Waals surface area contributed by atoms with E-state index in [2.05, 4.69) is 26.7 Å². The highest BCUT2D eigenvalue weighted by Gasteiger charge is 2.11. The maximum atomic E-state index is 5.75. The van der Waals surface area contributed by atoms with Crippen LogP contribution in [-0.2, 0) is 6.54 Å². The highest BCUT2D eigenvalue weighted by Crippen LogP contribution is 2.32. The number of rotatable bonds is 3. The Morgan fingerprint density at radius 1 is 1.07 bits per heavy atom. The van der Waals surface area contributed by atoms with Gasteiger partial charge in [-0.3, -0.25) is 9.98 Å². The summed E-state index contributed by atoms with van der Waals surface area (Å²) in [5.41, 5.74) is 3.05. The monoisotopic (exact) mass is 490 g/mol. The van der Waals surface area contributed by atoms with E-state index in [9.17, 15) is 0 Å². The van der Waals surface area contributed by atoms with Crippen LogP contribution in [0.2, 0.25) is 0 Å². The summed E-state index contributed by atoms with van der Waals surface area (Å²) in [6.07, 6.45) is 2.72. The van der Waals surface area contributed by atoms with Gasteiger partial charge in [0.15, 0.2) is 17.5 Å². The zero-order chi connectivity index (χ0) is 18.5. The lowest BCUT2D eigenvalue weighted by atomic mass is 10.1. The van der Waals surface area contributed by atoms with Crippen LogP contribution >= 0.6 is 24.0 Å². The molecule has 0 atom stereocenters. The molecule has 1 aliphatic rings. The Balaban J connectivity index is 0.00000225. The van der Waals surface area contributed by atoms with E-state index in [-0.39, 0.29) is 24.0 Å². The molecule has 0 fully saturated rings. The average molecular weight is 490 g/mol. The molecule has 3 aromatic rings. The summed E-state index contributed by atoms with van der Waals surface area (Å²) in [4.78, 5) is 8.72. The van der Waals surface area contributed by atoms with Crippen molar-refractivity contribution in [1.29, 1.82) is 0 Å². The Labute approximate surface area is 181 Å². The van der Waals surface area contributed by atoms with Gasteiger partial charge in [-0.05, 0) is 29.8 Å². The minimum Gasteiger partial charge on any atom is -0.490 e. The van der Waals surface area contributed by atoms with Crippen molar-refractivity contribution >= 4 is 46.5 Å². The van der Waals surface area contributed by atoms with Crippen LogP contribution in [0.4, 0.5) is 5.69 Å². The Morgan fingerprint density at radius 2 is 1.89 bits per heavy atom. The van der Waals surface area contributed by atoms with E-state index >= 15 is 0 Å². The number of aliphatic imine (C=N–C) groups is 1. The van der Waals surface area contributed by atoms with Crippen LogP contribution in [0.25, 0.3) is 10.9 Å². The number of ether oxygens (including phenoxy) is 2. The summed E-state index contributed by atoms with van der Waals surface area (Å²) in [5.74, 6) is 2.22. The molecular formula is C21H23IN4O2. The smallest absolute Gasteiger partial charge is 0.195 e. The van der Waals surface area contributed by atoms with Crippen LogP contribution in [0.15, 0.2) is 59.7 Å². The van der Waals surface area contributed by atoms with Gasteiger partial charge in [0.1, 0.15) is 0 Å². The molecule has 2 N–H and O–H groups in total. The summed E-state index contributed by atoms with van der Waals surface area (Å²) in [5, 5.41) is 7.80. The molecule has 0 bridgehead atoms. The number of anilines is 1. The van der Waals surface area contributed by atoms with Gasteiger partial charge in [-0.2, -0.15) is 0 Å². The van der Waals surface area contributed by atoms with E-state index in [0.717, 1.165) is 34.5 Å². The fourth-order valence-corrected chi connectivity index (χ4v) is 3.05. The fourth-order valence-electron chi connectivity index (χ4n) is 3.05.